The molecule has 10 heteroatoms. The molecule has 0 saturated carbocycles. The summed E-state index contributed by atoms with van der Waals surface area (Å²) in [5.41, 5.74) is -0.0637. The molecular weight excluding hydrogens is 388 g/mol. The number of aryl methyl sites for hydroxylation is 1. The lowest BCUT2D eigenvalue weighted by Crippen LogP contribution is -2.13. The number of carbonyl (C=O) groups is 1. The lowest BCUT2D eigenvalue weighted by molar-refractivity contribution is -0.384. The Hall–Kier alpha value is -3.59. The predicted octanol–water partition coefficient (Wildman–Crippen LogP) is 4.03. The Morgan fingerprint density at radius 2 is 1.86 bits per heavy atom. The second kappa shape index (κ2) is 7.97. The van der Waals surface area contributed by atoms with Crippen LogP contribution in [0.3, 0.4) is 0 Å². The molecule has 2 aromatic carbocycles. The van der Waals surface area contributed by atoms with Crippen molar-refractivity contribution >= 4 is 28.9 Å². The molecule has 0 unspecified atom stereocenters. The van der Waals surface area contributed by atoms with Crippen molar-refractivity contribution < 1.29 is 19.2 Å². The molecule has 0 spiro atoms. The highest BCUT2D eigenvalue weighted by molar-refractivity contribution is 6.34. The number of rotatable bonds is 6. The van der Waals surface area contributed by atoms with Crippen LogP contribution in [-0.2, 0) is 7.05 Å². The maximum atomic E-state index is 12.4. The highest BCUT2D eigenvalue weighted by atomic mass is 35.5. The molecular formula is C18H15ClN4O5. The van der Waals surface area contributed by atoms with Crippen LogP contribution in [0.1, 0.15) is 10.5 Å². The summed E-state index contributed by atoms with van der Waals surface area (Å²) >= 11 is 5.96. The van der Waals surface area contributed by atoms with E-state index in [1.165, 1.54) is 29.1 Å². The first-order chi connectivity index (χ1) is 13.4. The van der Waals surface area contributed by atoms with Crippen molar-refractivity contribution in [2.45, 2.75) is 0 Å². The zero-order valence-electron chi connectivity index (χ0n) is 14.9. The maximum Gasteiger partial charge on any atom is 0.277 e. The van der Waals surface area contributed by atoms with Crippen LogP contribution in [0.15, 0.2) is 48.7 Å². The Bertz CT molecular complexity index is 1030. The topological polar surface area (TPSA) is 109 Å². The van der Waals surface area contributed by atoms with Crippen LogP contribution in [0.4, 0.5) is 11.4 Å². The summed E-state index contributed by atoms with van der Waals surface area (Å²) in [5, 5.41) is 17.9. The van der Waals surface area contributed by atoms with Gasteiger partial charge in [0.25, 0.3) is 11.6 Å². The summed E-state index contributed by atoms with van der Waals surface area (Å²) in [7, 11) is 3.16. The van der Waals surface area contributed by atoms with E-state index >= 15 is 0 Å². The van der Waals surface area contributed by atoms with Gasteiger partial charge in [-0.1, -0.05) is 11.6 Å². The predicted molar refractivity (Wildman–Crippen MR) is 102 cm³/mol. The number of nitro groups is 1. The Kier molecular flexibility index (Phi) is 5.46. The minimum Gasteiger partial charge on any atom is -0.497 e. The number of amides is 1. The van der Waals surface area contributed by atoms with Gasteiger partial charge in [-0.15, -0.1) is 0 Å². The normalized spacial score (nSPS) is 10.4. The van der Waals surface area contributed by atoms with Gasteiger partial charge in [0.15, 0.2) is 5.69 Å². The summed E-state index contributed by atoms with van der Waals surface area (Å²) in [4.78, 5) is 23.0. The smallest absolute Gasteiger partial charge is 0.277 e. The molecule has 1 aromatic heterocycles. The molecule has 0 fully saturated rings. The van der Waals surface area contributed by atoms with Crippen LogP contribution in [0, 0.1) is 10.1 Å². The zero-order chi connectivity index (χ0) is 20.3. The zero-order valence-corrected chi connectivity index (χ0v) is 15.6. The number of benzene rings is 2. The third kappa shape index (κ3) is 4.38. The lowest BCUT2D eigenvalue weighted by Gasteiger charge is -2.09. The average Bonchev–Trinajstić information content (AvgIpc) is 3.00. The van der Waals surface area contributed by atoms with Gasteiger partial charge in [0.05, 0.1) is 28.8 Å². The van der Waals surface area contributed by atoms with Crippen LogP contribution in [0.25, 0.3) is 0 Å². The summed E-state index contributed by atoms with van der Waals surface area (Å²) in [6.07, 6.45) is 1.47. The van der Waals surface area contributed by atoms with E-state index in [0.717, 1.165) is 0 Å². The Labute approximate surface area is 164 Å². The number of halogens is 1. The lowest BCUT2D eigenvalue weighted by atomic mass is 10.2. The molecule has 0 aliphatic heterocycles. The summed E-state index contributed by atoms with van der Waals surface area (Å²) < 4.78 is 12.1. The van der Waals surface area contributed by atoms with Gasteiger partial charge in [-0.3, -0.25) is 19.6 Å². The summed E-state index contributed by atoms with van der Waals surface area (Å²) in [6, 6.07) is 10.6. The third-order valence-corrected chi connectivity index (χ3v) is 3.93. The van der Waals surface area contributed by atoms with E-state index in [1.807, 2.05) is 0 Å². The second-order valence-corrected chi connectivity index (χ2v) is 6.11. The van der Waals surface area contributed by atoms with E-state index in [4.69, 9.17) is 21.1 Å². The molecule has 0 atom stereocenters. The van der Waals surface area contributed by atoms with Crippen LogP contribution in [0.5, 0.6) is 17.2 Å². The Balaban J connectivity index is 1.87. The first-order valence-corrected chi connectivity index (χ1v) is 8.35. The number of methoxy groups -OCH3 is 1. The van der Waals surface area contributed by atoms with Gasteiger partial charge < -0.3 is 14.8 Å². The van der Waals surface area contributed by atoms with Crippen molar-refractivity contribution in [3.63, 3.8) is 0 Å². The molecule has 9 nitrogen and oxygen atoms in total. The van der Waals surface area contributed by atoms with E-state index in [9.17, 15) is 14.9 Å². The minimum absolute atomic E-state index is 0.00768. The molecule has 1 N–H and O–H groups in total. The number of aromatic nitrogens is 2. The number of nitro benzene ring substituents is 1. The number of ether oxygens (including phenoxy) is 2. The van der Waals surface area contributed by atoms with Crippen LogP contribution in [-0.4, -0.2) is 27.7 Å². The molecule has 0 aliphatic rings. The third-order valence-electron chi connectivity index (χ3n) is 3.65. The Morgan fingerprint density at radius 3 is 2.43 bits per heavy atom. The van der Waals surface area contributed by atoms with Crippen LogP contribution in [0.2, 0.25) is 5.02 Å². The molecule has 28 heavy (non-hydrogen) atoms. The van der Waals surface area contributed by atoms with Crippen molar-refractivity contribution in [2.24, 2.45) is 7.05 Å². The van der Waals surface area contributed by atoms with Gasteiger partial charge in [-0.25, -0.2) is 0 Å². The second-order valence-electron chi connectivity index (χ2n) is 5.70. The van der Waals surface area contributed by atoms with Crippen molar-refractivity contribution in [3.8, 4) is 17.2 Å². The molecule has 1 heterocycles. The molecule has 0 bridgehead atoms. The molecule has 3 aromatic rings. The van der Waals surface area contributed by atoms with Gasteiger partial charge in [0, 0.05) is 25.4 Å². The van der Waals surface area contributed by atoms with Crippen LogP contribution >= 0.6 is 11.6 Å². The highest BCUT2D eigenvalue weighted by Gasteiger charge is 2.18. The van der Waals surface area contributed by atoms with E-state index < -0.39 is 10.8 Å². The number of anilines is 1. The fraction of sp³-hybridized carbons (Fsp3) is 0.111. The van der Waals surface area contributed by atoms with Crippen molar-refractivity contribution in [3.05, 3.63) is 69.5 Å². The standard InChI is InChI=1S/C18H15ClN4O5/c1-22-10-16(19)17(21-22)18(24)20-11-7-12(23(25)26)9-15(8-11)28-14-5-3-13(27-2)4-6-14/h3-10H,1-2H3,(H,20,24). The first kappa shape index (κ1) is 19.2. The van der Waals surface area contributed by atoms with Crippen LogP contribution < -0.4 is 14.8 Å². The van der Waals surface area contributed by atoms with Crippen molar-refractivity contribution in [1.82, 2.24) is 9.78 Å². The van der Waals surface area contributed by atoms with Gasteiger partial charge in [0.2, 0.25) is 0 Å². The maximum absolute atomic E-state index is 12.4. The van der Waals surface area contributed by atoms with E-state index in [1.54, 1.807) is 38.4 Å². The monoisotopic (exact) mass is 402 g/mol. The number of nitrogens with one attached hydrogen (secondary N) is 1. The number of carbonyl (C=O) groups excluding carboxylic acids is 1. The largest absolute Gasteiger partial charge is 0.497 e. The summed E-state index contributed by atoms with van der Waals surface area (Å²) in [6.45, 7) is 0. The fourth-order valence-corrected chi connectivity index (χ4v) is 2.67. The number of hydrogen-bond acceptors (Lipinski definition) is 6. The molecule has 0 saturated heterocycles. The number of non-ortho nitro benzene ring substituents is 1. The van der Waals surface area contributed by atoms with E-state index in [-0.39, 0.29) is 27.8 Å². The molecule has 0 radical (unpaired) electrons. The number of nitrogens with zero attached hydrogens (tertiary/aromatic N) is 3. The van der Waals surface area contributed by atoms with Gasteiger partial charge in [0.1, 0.15) is 17.2 Å². The summed E-state index contributed by atoms with van der Waals surface area (Å²) in [5.74, 6) is 0.682. The highest BCUT2D eigenvalue weighted by Crippen LogP contribution is 2.31. The molecule has 1 amide bonds. The SMILES string of the molecule is COc1ccc(Oc2cc(NC(=O)c3nn(C)cc3Cl)cc([N+](=O)[O-])c2)cc1. The van der Waals surface area contributed by atoms with Gasteiger partial charge >= 0.3 is 0 Å². The van der Waals surface area contributed by atoms with Gasteiger partial charge in [-0.05, 0) is 24.3 Å². The molecule has 3 rings (SSSR count). The molecule has 144 valence electrons. The minimum atomic E-state index is -0.596. The number of hydrogen-bond donors (Lipinski definition) is 1. The van der Waals surface area contributed by atoms with Crippen molar-refractivity contribution in [1.29, 1.82) is 0 Å². The fourth-order valence-electron chi connectivity index (χ4n) is 2.40. The molecule has 0 aliphatic carbocycles. The van der Waals surface area contributed by atoms with Gasteiger partial charge in [-0.2, -0.15) is 5.10 Å². The first-order valence-electron chi connectivity index (χ1n) is 7.97. The van der Waals surface area contributed by atoms with E-state index in [0.29, 0.717) is 11.5 Å². The average molecular weight is 403 g/mol. The quantitative estimate of drug-likeness (QED) is 0.492. The Morgan fingerprint density at radius 1 is 1.18 bits per heavy atom. The van der Waals surface area contributed by atoms with Crippen molar-refractivity contribution in [2.75, 3.05) is 12.4 Å². The van der Waals surface area contributed by atoms with E-state index in [2.05, 4.69) is 10.4 Å².